The minimum absolute atomic E-state index is 0. The van der Waals surface area contributed by atoms with Crippen LogP contribution in [0.5, 0.6) is 17.2 Å². The first-order valence-corrected chi connectivity index (χ1v) is 17.7. The van der Waals surface area contributed by atoms with Crippen LogP contribution in [-0.4, -0.2) is 68.2 Å². The van der Waals surface area contributed by atoms with Crippen molar-refractivity contribution in [1.29, 1.82) is 0 Å². The Morgan fingerprint density at radius 1 is 0.824 bits per heavy atom. The molecule has 1 atom stereocenters. The number of carbonyl (C=O) groups is 2. The van der Waals surface area contributed by atoms with E-state index in [1.807, 2.05) is 65.2 Å². The van der Waals surface area contributed by atoms with E-state index >= 15 is 0 Å². The molecule has 0 radical (unpaired) electrons. The molecule has 0 bridgehead atoms. The average molecular weight is 779 g/mol. The minimum Gasteiger partial charge on any atom is -0.550 e. The zero-order chi connectivity index (χ0) is 35.0. The van der Waals surface area contributed by atoms with Gasteiger partial charge in [-0.05, 0) is 66.9 Å². The van der Waals surface area contributed by atoms with Gasteiger partial charge in [-0.15, -0.1) is 0 Å². The predicted molar refractivity (Wildman–Crippen MR) is 196 cm³/mol. The monoisotopic (exact) mass is 777 g/mol. The van der Waals surface area contributed by atoms with E-state index in [0.29, 0.717) is 35.6 Å². The van der Waals surface area contributed by atoms with Crippen molar-refractivity contribution in [2.45, 2.75) is 31.9 Å². The molecule has 4 aromatic carbocycles. The van der Waals surface area contributed by atoms with Crippen molar-refractivity contribution in [3.8, 4) is 17.2 Å². The number of nitrogens with zero attached hydrogens (tertiary/aromatic N) is 3. The van der Waals surface area contributed by atoms with E-state index in [0.717, 1.165) is 71.5 Å². The van der Waals surface area contributed by atoms with Gasteiger partial charge < -0.3 is 33.6 Å². The number of ether oxygens (including phenoxy) is 3. The van der Waals surface area contributed by atoms with Gasteiger partial charge in [-0.1, -0.05) is 58.4 Å². The van der Waals surface area contributed by atoms with Crippen LogP contribution in [0.4, 0.5) is 5.69 Å². The molecule has 0 spiro atoms. The second-order valence-electron chi connectivity index (χ2n) is 12.4. The van der Waals surface area contributed by atoms with Crippen molar-refractivity contribution >= 4 is 44.3 Å². The van der Waals surface area contributed by atoms with Gasteiger partial charge in [0.2, 0.25) is 0 Å². The van der Waals surface area contributed by atoms with Crippen LogP contribution in [0.15, 0.2) is 102 Å². The largest absolute Gasteiger partial charge is 1.00 e. The molecule has 1 saturated heterocycles. The summed E-state index contributed by atoms with van der Waals surface area (Å²) in [4.78, 5) is 29.7. The van der Waals surface area contributed by atoms with Gasteiger partial charge in [0, 0.05) is 84.4 Å². The number of carboxylic acids is 1. The molecular weight excluding hydrogens is 737 g/mol. The van der Waals surface area contributed by atoms with Crippen molar-refractivity contribution in [2.75, 3.05) is 51.8 Å². The number of fused-ring (bicyclic) bond motifs is 1. The molecule has 1 unspecified atom stereocenters. The number of ketones is 1. The van der Waals surface area contributed by atoms with Gasteiger partial charge in [-0.2, -0.15) is 0 Å². The molecule has 0 N–H and O–H groups in total. The molecule has 5 aromatic rings. The Kier molecular flexibility index (Phi) is 14.2. The van der Waals surface area contributed by atoms with Crippen LogP contribution in [0.1, 0.15) is 46.9 Å². The number of hydrogen-bond donors (Lipinski definition) is 0. The number of aryl methyl sites for hydroxylation is 1. The zero-order valence-electron chi connectivity index (χ0n) is 29.3. The van der Waals surface area contributed by atoms with E-state index in [1.165, 1.54) is 0 Å². The van der Waals surface area contributed by atoms with Crippen LogP contribution in [0.3, 0.4) is 0 Å². The molecular formula is C40H41BrKN3O6. The summed E-state index contributed by atoms with van der Waals surface area (Å²) in [6, 6.07) is 29.3. The summed E-state index contributed by atoms with van der Waals surface area (Å²) in [6.45, 7) is 4.99. The molecule has 6 rings (SSSR count). The second kappa shape index (κ2) is 18.5. The first-order valence-electron chi connectivity index (χ1n) is 16.9. The van der Waals surface area contributed by atoms with E-state index in [1.54, 1.807) is 32.5 Å². The number of methoxy groups -OCH3 is 2. The number of carboxylic acid groups (broad SMARTS) is 1. The van der Waals surface area contributed by atoms with E-state index in [9.17, 15) is 14.7 Å². The fourth-order valence-electron chi connectivity index (χ4n) is 6.60. The first-order chi connectivity index (χ1) is 24.3. The van der Waals surface area contributed by atoms with E-state index in [-0.39, 0.29) is 69.7 Å². The Hall–Kier alpha value is -3.16. The van der Waals surface area contributed by atoms with Gasteiger partial charge in [-0.25, -0.2) is 0 Å². The van der Waals surface area contributed by atoms with Crippen LogP contribution in [-0.2, 0) is 11.3 Å². The van der Waals surface area contributed by atoms with E-state index in [2.05, 4.69) is 43.9 Å². The summed E-state index contributed by atoms with van der Waals surface area (Å²) in [7, 11) is 3.29. The third kappa shape index (κ3) is 9.64. The van der Waals surface area contributed by atoms with Crippen LogP contribution in [0.25, 0.3) is 10.9 Å². The minimum atomic E-state index is -1.09. The van der Waals surface area contributed by atoms with Gasteiger partial charge in [0.25, 0.3) is 0 Å². The summed E-state index contributed by atoms with van der Waals surface area (Å²) in [5, 5.41) is 11.8. The van der Waals surface area contributed by atoms with Crippen molar-refractivity contribution in [1.82, 2.24) is 9.47 Å². The molecule has 1 aliphatic rings. The second-order valence-corrected chi connectivity index (χ2v) is 13.3. The molecule has 9 nitrogen and oxygen atoms in total. The Bertz CT molecular complexity index is 1940. The average Bonchev–Trinajstić information content (AvgIpc) is 3.52. The summed E-state index contributed by atoms with van der Waals surface area (Å²) in [5.74, 6) is 0.687. The van der Waals surface area contributed by atoms with Crippen LogP contribution in [0.2, 0.25) is 0 Å². The van der Waals surface area contributed by atoms with Crippen LogP contribution >= 0.6 is 15.9 Å². The number of piperazine rings is 1. The van der Waals surface area contributed by atoms with Gasteiger partial charge >= 0.3 is 51.4 Å². The number of hydrogen-bond acceptors (Lipinski definition) is 8. The fraction of sp³-hybridized carbons (Fsp3) is 0.300. The Balaban J connectivity index is 0.00000504. The summed E-state index contributed by atoms with van der Waals surface area (Å²) in [5.41, 5.74) is 4.07. The number of halogens is 1. The summed E-state index contributed by atoms with van der Waals surface area (Å²) >= 11 is 3.55. The van der Waals surface area contributed by atoms with Crippen molar-refractivity contribution in [3.05, 3.63) is 118 Å². The van der Waals surface area contributed by atoms with Crippen molar-refractivity contribution < 1.29 is 80.3 Å². The van der Waals surface area contributed by atoms with Crippen molar-refractivity contribution in [3.63, 3.8) is 0 Å². The van der Waals surface area contributed by atoms with Crippen LogP contribution < -0.4 is 75.6 Å². The van der Waals surface area contributed by atoms with Crippen molar-refractivity contribution in [2.24, 2.45) is 0 Å². The number of carbonyl (C=O) groups excluding carboxylic acids is 2. The van der Waals surface area contributed by atoms with E-state index < -0.39 is 5.97 Å². The predicted octanol–water partition coefficient (Wildman–Crippen LogP) is 3.52. The number of anilines is 1. The third-order valence-corrected chi connectivity index (χ3v) is 9.78. The topological polar surface area (TPSA) is 96.3 Å². The summed E-state index contributed by atoms with van der Waals surface area (Å²) in [6.07, 6.45) is 2.68. The number of benzene rings is 4. The Labute approximate surface area is 350 Å². The molecule has 51 heavy (non-hydrogen) atoms. The normalized spacial score (nSPS) is 13.7. The molecule has 0 saturated carbocycles. The maximum Gasteiger partial charge on any atom is 1.00 e. The SMILES string of the molecule is COc1cc(C(=O)c2cn(CCCC(=O)[O-])c3ccccc23)ccc1OC(CCN1CCN(c2ccccc2OC)CC1)c1ccc(Br)cc1.[K+]. The fourth-order valence-corrected chi connectivity index (χ4v) is 6.86. The molecule has 1 fully saturated rings. The van der Waals surface area contributed by atoms with Gasteiger partial charge in [-0.3, -0.25) is 9.69 Å². The standard InChI is InChI=1S/C40H42BrN3O6.K/c1-48-36-11-6-5-10-34(36)43-24-22-42(23-25-43)21-19-35(28-13-16-30(41)17-14-28)50-37-18-15-29(26-38(37)49-2)40(47)32-27-44(20-7-12-39(45)46)33-9-4-3-8-31(32)33;/h3-6,8-11,13-18,26-27,35H,7,12,19-25H2,1-2H3,(H,45,46);/q;+1/p-1. The molecule has 260 valence electrons. The molecule has 0 aliphatic carbocycles. The van der Waals surface area contributed by atoms with Gasteiger partial charge in [0.15, 0.2) is 17.3 Å². The molecule has 1 aromatic heterocycles. The van der Waals surface area contributed by atoms with E-state index in [4.69, 9.17) is 14.2 Å². The van der Waals surface area contributed by atoms with Gasteiger partial charge in [0.1, 0.15) is 11.9 Å². The third-order valence-electron chi connectivity index (χ3n) is 9.26. The molecule has 1 aliphatic heterocycles. The number of rotatable bonds is 15. The van der Waals surface area contributed by atoms with Gasteiger partial charge in [0.05, 0.1) is 19.9 Å². The maximum absolute atomic E-state index is 13.9. The smallest absolute Gasteiger partial charge is 0.550 e. The zero-order valence-corrected chi connectivity index (χ0v) is 34.1. The summed E-state index contributed by atoms with van der Waals surface area (Å²) < 4.78 is 21.0. The molecule has 0 amide bonds. The Morgan fingerprint density at radius 3 is 2.25 bits per heavy atom. The quantitative estimate of drug-likeness (QED) is 0.118. The number of aromatic nitrogens is 1. The number of aliphatic carboxylic acids is 1. The Morgan fingerprint density at radius 2 is 1.53 bits per heavy atom. The first kappa shape index (κ1) is 39.1. The molecule has 2 heterocycles. The maximum atomic E-state index is 13.9. The molecule has 11 heteroatoms. The van der Waals surface area contributed by atoms with Crippen LogP contribution in [0, 0.1) is 0 Å². The number of para-hydroxylation sites is 3.